The fourth-order valence-electron chi connectivity index (χ4n) is 2.45. The van der Waals surface area contributed by atoms with Gasteiger partial charge in [-0.05, 0) is 25.3 Å². The van der Waals surface area contributed by atoms with E-state index in [1.807, 2.05) is 16.8 Å². The number of carbonyl (C=O) groups excluding carboxylic acids is 1. The molecule has 16 heavy (non-hydrogen) atoms. The van der Waals surface area contributed by atoms with Crippen molar-refractivity contribution in [2.75, 3.05) is 39.8 Å². The van der Waals surface area contributed by atoms with Gasteiger partial charge in [0.05, 0.1) is 13.2 Å². The zero-order valence-corrected chi connectivity index (χ0v) is 10.6. The predicted octanol–water partition coefficient (Wildman–Crippen LogP) is 0.415. The van der Waals surface area contributed by atoms with Crippen molar-refractivity contribution in [2.24, 2.45) is 11.8 Å². The summed E-state index contributed by atoms with van der Waals surface area (Å²) in [5.41, 5.74) is 0. The van der Waals surface area contributed by atoms with Gasteiger partial charge in [-0.25, -0.2) is 0 Å². The van der Waals surface area contributed by atoms with Crippen LogP contribution in [0.15, 0.2) is 0 Å². The topological polar surface area (TPSA) is 43.8 Å². The Morgan fingerprint density at radius 3 is 2.44 bits per heavy atom. The average Bonchev–Trinajstić information content (AvgIpc) is 2.16. The van der Waals surface area contributed by atoms with Crippen molar-refractivity contribution in [3.63, 3.8) is 0 Å². The van der Waals surface area contributed by atoms with Crippen LogP contribution in [-0.2, 0) is 4.79 Å². The first-order chi connectivity index (χ1) is 7.52. The van der Waals surface area contributed by atoms with E-state index in [0.29, 0.717) is 24.9 Å². The fraction of sp³-hybridized carbons (Fsp3) is 0.917. The van der Waals surface area contributed by atoms with Gasteiger partial charge in [0.2, 0.25) is 5.91 Å². The number of aliphatic hydroxyl groups excluding tert-OH is 1. The van der Waals surface area contributed by atoms with Gasteiger partial charge in [0.25, 0.3) is 0 Å². The van der Waals surface area contributed by atoms with Gasteiger partial charge in [0.1, 0.15) is 0 Å². The number of hydrogen-bond acceptors (Lipinski definition) is 3. The molecule has 0 aromatic rings. The molecule has 1 rings (SSSR count). The molecule has 2 atom stereocenters. The van der Waals surface area contributed by atoms with Crippen LogP contribution in [-0.4, -0.2) is 60.6 Å². The number of amides is 1. The van der Waals surface area contributed by atoms with Crippen LogP contribution >= 0.6 is 0 Å². The molecule has 4 nitrogen and oxygen atoms in total. The maximum atomic E-state index is 12.0. The molecular weight excluding hydrogens is 204 g/mol. The third-order valence-electron chi connectivity index (χ3n) is 3.11. The first-order valence-electron chi connectivity index (χ1n) is 6.10. The summed E-state index contributed by atoms with van der Waals surface area (Å²) in [7, 11) is 1.87. The Morgan fingerprint density at radius 1 is 1.38 bits per heavy atom. The minimum atomic E-state index is 0.108. The zero-order valence-electron chi connectivity index (χ0n) is 10.6. The average molecular weight is 228 g/mol. The molecule has 1 aliphatic rings. The summed E-state index contributed by atoms with van der Waals surface area (Å²) in [5.74, 6) is 1.40. The van der Waals surface area contributed by atoms with Crippen molar-refractivity contribution in [1.29, 1.82) is 0 Å². The first kappa shape index (κ1) is 13.5. The van der Waals surface area contributed by atoms with Crippen molar-refractivity contribution >= 4 is 5.91 Å². The quantitative estimate of drug-likeness (QED) is 0.758. The van der Waals surface area contributed by atoms with Crippen LogP contribution in [0, 0.1) is 11.8 Å². The van der Waals surface area contributed by atoms with Crippen molar-refractivity contribution < 1.29 is 9.90 Å². The van der Waals surface area contributed by atoms with Crippen LogP contribution < -0.4 is 0 Å². The van der Waals surface area contributed by atoms with E-state index in [2.05, 4.69) is 13.8 Å². The van der Waals surface area contributed by atoms with E-state index in [0.717, 1.165) is 13.1 Å². The smallest absolute Gasteiger partial charge is 0.236 e. The highest BCUT2D eigenvalue weighted by molar-refractivity contribution is 5.78. The maximum Gasteiger partial charge on any atom is 0.236 e. The molecule has 1 amide bonds. The van der Waals surface area contributed by atoms with Gasteiger partial charge < -0.3 is 10.0 Å². The standard InChI is InChI=1S/C12H24N2O2/c1-10-6-11(2)8-14(7-10)12(16)9-13(3)4-5-15/h10-11,15H,4-9H2,1-3H3. The van der Waals surface area contributed by atoms with Crippen LogP contribution in [0.2, 0.25) is 0 Å². The van der Waals surface area contributed by atoms with Crippen molar-refractivity contribution in [1.82, 2.24) is 9.80 Å². The Balaban J connectivity index is 2.40. The number of nitrogens with zero attached hydrogens (tertiary/aromatic N) is 2. The third-order valence-corrected chi connectivity index (χ3v) is 3.11. The molecule has 0 aliphatic carbocycles. The van der Waals surface area contributed by atoms with Gasteiger partial charge in [-0.3, -0.25) is 9.69 Å². The minimum absolute atomic E-state index is 0.108. The molecule has 0 saturated carbocycles. The number of hydrogen-bond donors (Lipinski definition) is 1. The van der Waals surface area contributed by atoms with E-state index in [9.17, 15) is 4.79 Å². The second-order valence-corrected chi connectivity index (χ2v) is 5.21. The molecule has 1 fully saturated rings. The number of aliphatic hydroxyl groups is 1. The summed E-state index contributed by atoms with van der Waals surface area (Å²) < 4.78 is 0. The van der Waals surface area contributed by atoms with Crippen LogP contribution in [0.3, 0.4) is 0 Å². The van der Waals surface area contributed by atoms with Crippen molar-refractivity contribution in [3.05, 3.63) is 0 Å². The van der Waals surface area contributed by atoms with Gasteiger partial charge in [0, 0.05) is 19.6 Å². The second kappa shape index (κ2) is 6.21. The van der Waals surface area contributed by atoms with E-state index in [1.165, 1.54) is 6.42 Å². The zero-order chi connectivity index (χ0) is 12.1. The largest absolute Gasteiger partial charge is 0.395 e. The second-order valence-electron chi connectivity index (χ2n) is 5.21. The van der Waals surface area contributed by atoms with Crippen LogP contribution in [0.5, 0.6) is 0 Å². The monoisotopic (exact) mass is 228 g/mol. The number of likely N-dealkylation sites (N-methyl/N-ethyl adjacent to an activating group) is 1. The molecule has 2 unspecified atom stereocenters. The molecule has 0 spiro atoms. The third kappa shape index (κ3) is 4.10. The Hall–Kier alpha value is -0.610. The lowest BCUT2D eigenvalue weighted by Gasteiger charge is -2.35. The van der Waals surface area contributed by atoms with Crippen molar-refractivity contribution in [2.45, 2.75) is 20.3 Å². The van der Waals surface area contributed by atoms with E-state index in [1.54, 1.807) is 0 Å². The van der Waals surface area contributed by atoms with Crippen LogP contribution in [0.1, 0.15) is 20.3 Å². The molecule has 4 heteroatoms. The molecule has 1 heterocycles. The van der Waals surface area contributed by atoms with Crippen LogP contribution in [0.4, 0.5) is 0 Å². The Bertz CT molecular complexity index is 223. The molecule has 1 aliphatic heterocycles. The first-order valence-corrected chi connectivity index (χ1v) is 6.10. The van der Waals surface area contributed by atoms with E-state index >= 15 is 0 Å². The van der Waals surface area contributed by atoms with Gasteiger partial charge >= 0.3 is 0 Å². The summed E-state index contributed by atoms with van der Waals surface area (Å²) in [6.07, 6.45) is 1.22. The number of piperidine rings is 1. The molecule has 0 bridgehead atoms. The highest BCUT2D eigenvalue weighted by Crippen LogP contribution is 2.20. The summed E-state index contributed by atoms with van der Waals surface area (Å²) in [5, 5.41) is 8.78. The summed E-state index contributed by atoms with van der Waals surface area (Å²) in [6.45, 7) is 7.26. The fourth-order valence-corrected chi connectivity index (χ4v) is 2.45. The lowest BCUT2D eigenvalue weighted by atomic mass is 9.92. The lowest BCUT2D eigenvalue weighted by molar-refractivity contribution is -0.134. The van der Waals surface area contributed by atoms with Gasteiger partial charge in [0.15, 0.2) is 0 Å². The predicted molar refractivity (Wildman–Crippen MR) is 64.1 cm³/mol. The maximum absolute atomic E-state index is 12.0. The number of rotatable bonds is 4. The SMILES string of the molecule is CC1CC(C)CN(C(=O)CN(C)CCO)C1. The Labute approximate surface area is 98.2 Å². The lowest BCUT2D eigenvalue weighted by Crippen LogP contribution is -2.46. The Morgan fingerprint density at radius 2 is 1.94 bits per heavy atom. The van der Waals surface area contributed by atoms with E-state index < -0.39 is 0 Å². The van der Waals surface area contributed by atoms with E-state index in [-0.39, 0.29) is 12.5 Å². The summed E-state index contributed by atoms with van der Waals surface area (Å²) in [4.78, 5) is 15.8. The molecule has 94 valence electrons. The van der Waals surface area contributed by atoms with Crippen LogP contribution in [0.25, 0.3) is 0 Å². The minimum Gasteiger partial charge on any atom is -0.395 e. The molecule has 0 aromatic carbocycles. The van der Waals surface area contributed by atoms with E-state index in [4.69, 9.17) is 5.11 Å². The molecule has 0 aromatic heterocycles. The van der Waals surface area contributed by atoms with Gasteiger partial charge in [-0.2, -0.15) is 0 Å². The number of carbonyl (C=O) groups is 1. The molecular formula is C12H24N2O2. The summed E-state index contributed by atoms with van der Waals surface area (Å²) in [6, 6.07) is 0. The normalized spacial score (nSPS) is 26.2. The molecule has 1 N–H and O–H groups in total. The Kier molecular flexibility index (Phi) is 5.22. The number of likely N-dealkylation sites (tertiary alicyclic amines) is 1. The van der Waals surface area contributed by atoms with Gasteiger partial charge in [-0.15, -0.1) is 0 Å². The highest BCUT2D eigenvalue weighted by atomic mass is 16.3. The summed E-state index contributed by atoms with van der Waals surface area (Å²) >= 11 is 0. The van der Waals surface area contributed by atoms with Gasteiger partial charge in [-0.1, -0.05) is 13.8 Å². The molecule has 0 radical (unpaired) electrons. The molecule has 1 saturated heterocycles. The highest BCUT2D eigenvalue weighted by Gasteiger charge is 2.25. The van der Waals surface area contributed by atoms with Crippen molar-refractivity contribution in [3.8, 4) is 0 Å².